The van der Waals surface area contributed by atoms with Gasteiger partial charge in [0.1, 0.15) is 0 Å². The highest BCUT2D eigenvalue weighted by atomic mass is 16.3. The Bertz CT molecular complexity index is 535. The van der Waals surface area contributed by atoms with Gasteiger partial charge in [0, 0.05) is 19.1 Å². The number of benzene rings is 1. The first-order valence-corrected chi connectivity index (χ1v) is 7.53. The molecule has 0 spiro atoms. The molecular formula is C16H24N2O5. The highest BCUT2D eigenvalue weighted by molar-refractivity contribution is 5.82. The minimum atomic E-state index is -0.258. The second-order valence-corrected chi connectivity index (χ2v) is 5.55. The summed E-state index contributed by atoms with van der Waals surface area (Å²) in [5.74, 6) is -0.154. The van der Waals surface area contributed by atoms with E-state index in [-0.39, 0.29) is 29.9 Å². The fourth-order valence-corrected chi connectivity index (χ4v) is 2.55. The van der Waals surface area contributed by atoms with Crippen LogP contribution in [-0.4, -0.2) is 51.2 Å². The average Bonchev–Trinajstić information content (AvgIpc) is 2.94. The molecule has 1 unspecified atom stereocenters. The van der Waals surface area contributed by atoms with Crippen LogP contribution in [0.2, 0.25) is 0 Å². The number of amides is 1. The van der Waals surface area contributed by atoms with Gasteiger partial charge in [-0.1, -0.05) is 6.07 Å². The summed E-state index contributed by atoms with van der Waals surface area (Å²) in [6.07, 6.45) is 2.15. The van der Waals surface area contributed by atoms with Crippen molar-refractivity contribution in [2.45, 2.75) is 45.3 Å². The lowest BCUT2D eigenvalue weighted by molar-refractivity contribution is -0.133. The maximum absolute atomic E-state index is 12.3. The molecule has 0 aliphatic carbocycles. The van der Waals surface area contributed by atoms with Gasteiger partial charge in [0.25, 0.3) is 6.47 Å². The predicted octanol–water partition coefficient (Wildman–Crippen LogP) is 1.29. The van der Waals surface area contributed by atoms with Crippen LogP contribution < -0.4 is 5.32 Å². The molecule has 0 saturated carbocycles. The number of phenolic OH excluding ortho intramolecular Hbond substituents is 2. The fourth-order valence-electron chi connectivity index (χ4n) is 2.55. The molecule has 7 nitrogen and oxygen atoms in total. The molecule has 0 radical (unpaired) electrons. The molecule has 1 saturated heterocycles. The molecule has 7 heteroatoms. The van der Waals surface area contributed by atoms with Gasteiger partial charge in [0.2, 0.25) is 5.91 Å². The zero-order valence-electron chi connectivity index (χ0n) is 13.4. The summed E-state index contributed by atoms with van der Waals surface area (Å²) < 4.78 is 0. The Balaban J connectivity index is 0.000000816. The van der Waals surface area contributed by atoms with Gasteiger partial charge in [-0.15, -0.1) is 0 Å². The molecule has 1 aliphatic rings. The lowest BCUT2D eigenvalue weighted by Crippen LogP contribution is -2.45. The molecule has 2 atom stereocenters. The zero-order chi connectivity index (χ0) is 17.4. The number of carboxylic acid groups (broad SMARTS) is 1. The topological polar surface area (TPSA) is 110 Å². The first kappa shape index (κ1) is 18.8. The Morgan fingerprint density at radius 1 is 1.43 bits per heavy atom. The molecule has 0 bridgehead atoms. The number of likely N-dealkylation sites (tertiary alicyclic amines) is 1. The molecule has 1 aromatic carbocycles. The van der Waals surface area contributed by atoms with Crippen LogP contribution in [0.25, 0.3) is 0 Å². The van der Waals surface area contributed by atoms with Gasteiger partial charge in [0.15, 0.2) is 11.5 Å². The monoisotopic (exact) mass is 324 g/mol. The smallest absolute Gasteiger partial charge is 0.290 e. The van der Waals surface area contributed by atoms with E-state index in [1.165, 1.54) is 12.1 Å². The molecule has 2 rings (SSSR count). The summed E-state index contributed by atoms with van der Waals surface area (Å²) in [5, 5.41) is 28.7. The van der Waals surface area contributed by atoms with E-state index in [4.69, 9.17) is 9.90 Å². The van der Waals surface area contributed by atoms with Crippen molar-refractivity contribution in [1.82, 2.24) is 10.2 Å². The lowest BCUT2D eigenvalue weighted by Gasteiger charge is -2.25. The summed E-state index contributed by atoms with van der Waals surface area (Å²) in [4.78, 5) is 22.6. The SMILES string of the molecule is CC1CCCN1C(=O)[C@H](C)NCc1ccc(O)c(O)c1.O=CO. The zero-order valence-corrected chi connectivity index (χ0v) is 13.4. The minimum Gasteiger partial charge on any atom is -0.504 e. The van der Waals surface area contributed by atoms with E-state index in [0.29, 0.717) is 12.6 Å². The van der Waals surface area contributed by atoms with Crippen LogP contribution in [0, 0.1) is 0 Å². The van der Waals surface area contributed by atoms with Gasteiger partial charge in [0.05, 0.1) is 6.04 Å². The molecule has 1 aromatic rings. The number of aromatic hydroxyl groups is 2. The number of hydrogen-bond acceptors (Lipinski definition) is 5. The van der Waals surface area contributed by atoms with E-state index < -0.39 is 0 Å². The van der Waals surface area contributed by atoms with Crippen molar-refractivity contribution in [3.05, 3.63) is 23.8 Å². The van der Waals surface area contributed by atoms with Crippen molar-refractivity contribution in [3.63, 3.8) is 0 Å². The van der Waals surface area contributed by atoms with Crippen LogP contribution in [0.5, 0.6) is 11.5 Å². The molecule has 1 fully saturated rings. The Kier molecular flexibility index (Phi) is 7.34. The van der Waals surface area contributed by atoms with Crippen molar-refractivity contribution >= 4 is 12.4 Å². The number of hydrogen-bond donors (Lipinski definition) is 4. The summed E-state index contributed by atoms with van der Waals surface area (Å²) in [6, 6.07) is 4.73. The third-order valence-electron chi connectivity index (χ3n) is 3.86. The number of carbonyl (C=O) groups excluding carboxylic acids is 1. The van der Waals surface area contributed by atoms with Crippen LogP contribution in [0.3, 0.4) is 0 Å². The summed E-state index contributed by atoms with van der Waals surface area (Å²) in [7, 11) is 0. The largest absolute Gasteiger partial charge is 0.504 e. The molecule has 0 aromatic heterocycles. The van der Waals surface area contributed by atoms with E-state index in [0.717, 1.165) is 24.9 Å². The lowest BCUT2D eigenvalue weighted by atomic mass is 10.2. The van der Waals surface area contributed by atoms with Crippen LogP contribution >= 0.6 is 0 Å². The molecule has 4 N–H and O–H groups in total. The van der Waals surface area contributed by atoms with Gasteiger partial charge in [-0.2, -0.15) is 0 Å². The van der Waals surface area contributed by atoms with E-state index >= 15 is 0 Å². The van der Waals surface area contributed by atoms with Crippen molar-refractivity contribution in [3.8, 4) is 11.5 Å². The molecular weight excluding hydrogens is 300 g/mol. The second-order valence-electron chi connectivity index (χ2n) is 5.55. The molecule has 128 valence electrons. The third kappa shape index (κ3) is 5.45. The fraction of sp³-hybridized carbons (Fsp3) is 0.500. The van der Waals surface area contributed by atoms with Gasteiger partial charge in [-0.25, -0.2) is 0 Å². The molecule has 1 amide bonds. The predicted molar refractivity (Wildman–Crippen MR) is 85.2 cm³/mol. The Morgan fingerprint density at radius 2 is 2.09 bits per heavy atom. The summed E-state index contributed by atoms with van der Waals surface area (Å²) in [5.41, 5.74) is 0.828. The van der Waals surface area contributed by atoms with E-state index in [9.17, 15) is 15.0 Å². The number of carbonyl (C=O) groups is 2. The Morgan fingerprint density at radius 3 is 2.61 bits per heavy atom. The van der Waals surface area contributed by atoms with Crippen molar-refractivity contribution in [2.75, 3.05) is 6.54 Å². The highest BCUT2D eigenvalue weighted by Crippen LogP contribution is 2.24. The number of phenols is 2. The quantitative estimate of drug-likeness (QED) is 0.491. The van der Waals surface area contributed by atoms with Crippen molar-refractivity contribution < 1.29 is 24.9 Å². The van der Waals surface area contributed by atoms with Crippen LogP contribution in [0.15, 0.2) is 18.2 Å². The number of rotatable bonds is 4. The van der Waals surface area contributed by atoms with E-state index in [2.05, 4.69) is 12.2 Å². The molecule has 1 aliphatic heterocycles. The van der Waals surface area contributed by atoms with Crippen molar-refractivity contribution in [1.29, 1.82) is 0 Å². The first-order valence-electron chi connectivity index (χ1n) is 7.53. The highest BCUT2D eigenvalue weighted by Gasteiger charge is 2.28. The summed E-state index contributed by atoms with van der Waals surface area (Å²) >= 11 is 0. The third-order valence-corrected chi connectivity index (χ3v) is 3.86. The average molecular weight is 324 g/mol. The second kappa shape index (κ2) is 8.99. The number of nitrogens with zero attached hydrogens (tertiary/aromatic N) is 1. The van der Waals surface area contributed by atoms with Gasteiger partial charge in [-0.05, 0) is 44.4 Å². The van der Waals surface area contributed by atoms with Gasteiger partial charge in [-0.3, -0.25) is 9.59 Å². The Labute approximate surface area is 135 Å². The molecule has 1 heterocycles. The van der Waals surface area contributed by atoms with Crippen LogP contribution in [0.4, 0.5) is 0 Å². The van der Waals surface area contributed by atoms with Gasteiger partial charge >= 0.3 is 0 Å². The van der Waals surface area contributed by atoms with Crippen LogP contribution in [-0.2, 0) is 16.1 Å². The normalized spacial score (nSPS) is 18.0. The van der Waals surface area contributed by atoms with E-state index in [1.807, 2.05) is 11.8 Å². The first-order chi connectivity index (χ1) is 10.9. The van der Waals surface area contributed by atoms with Crippen molar-refractivity contribution in [2.24, 2.45) is 0 Å². The maximum Gasteiger partial charge on any atom is 0.290 e. The standard InChI is InChI=1S/C15H22N2O3.CH2O2/c1-10-4-3-7-17(10)15(20)11(2)16-9-12-5-6-13(18)14(19)8-12;2-1-3/h5-6,8,10-11,16,18-19H,3-4,7,9H2,1-2H3;1H,(H,2,3)/t10?,11-;/m0./s1. The van der Waals surface area contributed by atoms with Gasteiger partial charge < -0.3 is 25.5 Å². The van der Waals surface area contributed by atoms with Crippen LogP contribution in [0.1, 0.15) is 32.3 Å². The molecule has 23 heavy (non-hydrogen) atoms. The van der Waals surface area contributed by atoms with E-state index in [1.54, 1.807) is 6.07 Å². The Hall–Kier alpha value is -2.28. The summed E-state index contributed by atoms with van der Waals surface area (Å²) in [6.45, 7) is 5.00. The number of nitrogens with one attached hydrogen (secondary N) is 1. The minimum absolute atomic E-state index is 0.123. The maximum atomic E-state index is 12.3.